The Morgan fingerprint density at radius 3 is 2.52 bits per heavy atom. The van der Waals surface area contributed by atoms with E-state index in [1.54, 1.807) is 13.0 Å². The number of hydrogen-bond donors (Lipinski definition) is 1. The van der Waals surface area contributed by atoms with Gasteiger partial charge in [0.25, 0.3) is 0 Å². The van der Waals surface area contributed by atoms with Crippen molar-refractivity contribution in [1.29, 1.82) is 0 Å². The zero-order valence-corrected chi connectivity index (χ0v) is 12.5. The standard InChI is InChI=1S/C15H21NO5/c1-4-6-13(15(18)20-5-2)21-12-8-7-10(9-11(12)16)14(17)19-3/h7-9,13H,4-6,16H2,1-3H3. The monoisotopic (exact) mass is 295 g/mol. The van der Waals surface area contributed by atoms with Crippen LogP contribution in [0.1, 0.15) is 37.0 Å². The number of ether oxygens (including phenoxy) is 3. The summed E-state index contributed by atoms with van der Waals surface area (Å²) in [6, 6.07) is 4.53. The van der Waals surface area contributed by atoms with Crippen LogP contribution < -0.4 is 10.5 Å². The van der Waals surface area contributed by atoms with E-state index in [-0.39, 0.29) is 5.69 Å². The second kappa shape index (κ2) is 8.14. The summed E-state index contributed by atoms with van der Waals surface area (Å²) in [6.45, 7) is 3.97. The van der Waals surface area contributed by atoms with Gasteiger partial charge in [0.1, 0.15) is 5.75 Å². The lowest BCUT2D eigenvalue weighted by atomic mass is 10.1. The van der Waals surface area contributed by atoms with Crippen molar-refractivity contribution in [2.24, 2.45) is 0 Å². The maximum absolute atomic E-state index is 11.8. The number of rotatable bonds is 7. The molecule has 0 spiro atoms. The van der Waals surface area contributed by atoms with Gasteiger partial charge in [-0.2, -0.15) is 0 Å². The first-order valence-corrected chi connectivity index (χ1v) is 6.84. The number of nitrogens with two attached hydrogens (primary N) is 1. The summed E-state index contributed by atoms with van der Waals surface area (Å²) in [6.07, 6.45) is 0.585. The minimum atomic E-state index is -0.707. The van der Waals surface area contributed by atoms with E-state index < -0.39 is 18.0 Å². The van der Waals surface area contributed by atoms with E-state index in [2.05, 4.69) is 4.74 Å². The molecule has 0 radical (unpaired) electrons. The summed E-state index contributed by atoms with van der Waals surface area (Å²) < 4.78 is 15.2. The molecule has 0 saturated heterocycles. The third-order valence-electron chi connectivity index (χ3n) is 2.80. The molecule has 0 aliphatic carbocycles. The molecule has 0 fully saturated rings. The van der Waals surface area contributed by atoms with Gasteiger partial charge in [-0.25, -0.2) is 9.59 Å². The zero-order chi connectivity index (χ0) is 15.8. The van der Waals surface area contributed by atoms with Crippen molar-refractivity contribution in [3.05, 3.63) is 23.8 Å². The maximum Gasteiger partial charge on any atom is 0.347 e. The van der Waals surface area contributed by atoms with Crippen molar-refractivity contribution in [3.63, 3.8) is 0 Å². The van der Waals surface area contributed by atoms with Gasteiger partial charge >= 0.3 is 11.9 Å². The second-order valence-electron chi connectivity index (χ2n) is 4.39. The molecule has 0 aliphatic heterocycles. The van der Waals surface area contributed by atoms with Crippen LogP contribution in [-0.2, 0) is 14.3 Å². The van der Waals surface area contributed by atoms with Crippen LogP contribution in [0.25, 0.3) is 0 Å². The minimum absolute atomic E-state index is 0.267. The number of benzene rings is 1. The maximum atomic E-state index is 11.8. The van der Waals surface area contributed by atoms with Gasteiger partial charge in [0, 0.05) is 0 Å². The Balaban J connectivity index is 2.89. The number of carbonyl (C=O) groups excluding carboxylic acids is 2. The molecule has 0 aliphatic rings. The molecule has 1 unspecified atom stereocenters. The average Bonchev–Trinajstić information content (AvgIpc) is 2.47. The van der Waals surface area contributed by atoms with Gasteiger partial charge in [-0.1, -0.05) is 13.3 Å². The van der Waals surface area contributed by atoms with E-state index >= 15 is 0 Å². The first kappa shape index (κ1) is 16.8. The van der Waals surface area contributed by atoms with Crippen LogP contribution in [0.3, 0.4) is 0 Å². The molecular formula is C15H21NO5. The molecule has 0 aromatic heterocycles. The van der Waals surface area contributed by atoms with Gasteiger partial charge in [-0.3, -0.25) is 0 Å². The Bertz CT molecular complexity index is 501. The van der Waals surface area contributed by atoms with Crippen molar-refractivity contribution < 1.29 is 23.8 Å². The molecule has 1 aromatic carbocycles. The molecule has 6 heteroatoms. The van der Waals surface area contributed by atoms with Gasteiger partial charge < -0.3 is 19.9 Å². The number of methoxy groups -OCH3 is 1. The Kier molecular flexibility index (Phi) is 6.52. The first-order valence-electron chi connectivity index (χ1n) is 6.84. The number of nitrogen functional groups attached to an aromatic ring is 1. The topological polar surface area (TPSA) is 87.9 Å². The molecule has 6 nitrogen and oxygen atoms in total. The number of carbonyl (C=O) groups is 2. The van der Waals surface area contributed by atoms with Gasteiger partial charge in [0.2, 0.25) is 0 Å². The molecule has 21 heavy (non-hydrogen) atoms. The van der Waals surface area contributed by atoms with Crippen molar-refractivity contribution in [3.8, 4) is 5.75 Å². The van der Waals surface area contributed by atoms with Crippen molar-refractivity contribution in [2.75, 3.05) is 19.5 Å². The third kappa shape index (κ3) is 4.66. The molecule has 0 bridgehead atoms. The van der Waals surface area contributed by atoms with E-state index in [0.717, 1.165) is 6.42 Å². The molecule has 0 heterocycles. The predicted octanol–water partition coefficient (Wildman–Crippen LogP) is 2.17. The molecule has 2 N–H and O–H groups in total. The average molecular weight is 295 g/mol. The highest BCUT2D eigenvalue weighted by Crippen LogP contribution is 2.25. The van der Waals surface area contributed by atoms with Crippen molar-refractivity contribution in [2.45, 2.75) is 32.8 Å². The molecule has 1 aromatic rings. The van der Waals surface area contributed by atoms with E-state index in [1.165, 1.54) is 19.2 Å². The molecule has 1 rings (SSSR count). The number of anilines is 1. The normalized spacial score (nSPS) is 11.6. The fraction of sp³-hybridized carbons (Fsp3) is 0.467. The van der Waals surface area contributed by atoms with Crippen LogP contribution in [0.2, 0.25) is 0 Å². The molecule has 0 saturated carbocycles. The van der Waals surface area contributed by atoms with E-state index in [0.29, 0.717) is 24.3 Å². The van der Waals surface area contributed by atoms with E-state index in [1.807, 2.05) is 6.92 Å². The minimum Gasteiger partial charge on any atom is -0.477 e. The van der Waals surface area contributed by atoms with Crippen molar-refractivity contribution >= 4 is 17.6 Å². The van der Waals surface area contributed by atoms with Crippen LogP contribution in [0.15, 0.2) is 18.2 Å². The Hall–Kier alpha value is -2.24. The highest BCUT2D eigenvalue weighted by atomic mass is 16.6. The summed E-state index contributed by atoms with van der Waals surface area (Å²) in [5, 5.41) is 0. The largest absolute Gasteiger partial charge is 0.477 e. The first-order chi connectivity index (χ1) is 10.0. The van der Waals surface area contributed by atoms with Gasteiger partial charge in [-0.15, -0.1) is 0 Å². The third-order valence-corrected chi connectivity index (χ3v) is 2.80. The Labute approximate surface area is 124 Å². The van der Waals surface area contributed by atoms with E-state index in [4.69, 9.17) is 15.2 Å². The highest BCUT2D eigenvalue weighted by Gasteiger charge is 2.22. The Morgan fingerprint density at radius 1 is 1.29 bits per heavy atom. The molecule has 0 amide bonds. The summed E-state index contributed by atoms with van der Waals surface area (Å²) >= 11 is 0. The number of hydrogen-bond acceptors (Lipinski definition) is 6. The van der Waals surface area contributed by atoms with Crippen molar-refractivity contribution in [1.82, 2.24) is 0 Å². The van der Waals surface area contributed by atoms with Crippen LogP contribution in [-0.4, -0.2) is 31.8 Å². The fourth-order valence-corrected chi connectivity index (χ4v) is 1.78. The summed E-state index contributed by atoms with van der Waals surface area (Å²) in [7, 11) is 1.29. The van der Waals surface area contributed by atoms with Gasteiger partial charge in [0.05, 0.1) is 25.0 Å². The zero-order valence-electron chi connectivity index (χ0n) is 12.5. The fourth-order valence-electron chi connectivity index (χ4n) is 1.78. The summed E-state index contributed by atoms with van der Waals surface area (Å²) in [4.78, 5) is 23.2. The van der Waals surface area contributed by atoms with Crippen LogP contribution in [0, 0.1) is 0 Å². The van der Waals surface area contributed by atoms with E-state index in [9.17, 15) is 9.59 Å². The SMILES string of the molecule is CCCC(Oc1ccc(C(=O)OC)cc1N)C(=O)OCC. The van der Waals surface area contributed by atoms with Crippen LogP contribution in [0.4, 0.5) is 5.69 Å². The predicted molar refractivity (Wildman–Crippen MR) is 78.2 cm³/mol. The smallest absolute Gasteiger partial charge is 0.347 e. The number of esters is 2. The van der Waals surface area contributed by atoms with Gasteiger partial charge in [0.15, 0.2) is 6.10 Å². The summed E-state index contributed by atoms with van der Waals surface area (Å²) in [5.41, 5.74) is 6.44. The lowest BCUT2D eigenvalue weighted by Crippen LogP contribution is -2.29. The Morgan fingerprint density at radius 2 is 2.00 bits per heavy atom. The highest BCUT2D eigenvalue weighted by molar-refractivity contribution is 5.91. The van der Waals surface area contributed by atoms with Gasteiger partial charge in [-0.05, 0) is 31.5 Å². The lowest BCUT2D eigenvalue weighted by molar-refractivity contribution is -0.151. The molecule has 116 valence electrons. The second-order valence-corrected chi connectivity index (χ2v) is 4.39. The van der Waals surface area contributed by atoms with Crippen LogP contribution >= 0.6 is 0 Å². The molecular weight excluding hydrogens is 274 g/mol. The lowest BCUT2D eigenvalue weighted by Gasteiger charge is -2.18. The van der Waals surface area contributed by atoms with Crippen LogP contribution in [0.5, 0.6) is 5.75 Å². The molecule has 1 atom stereocenters. The quantitative estimate of drug-likeness (QED) is 0.612. The summed E-state index contributed by atoms with van der Waals surface area (Å²) in [5.74, 6) is -0.561.